The lowest BCUT2D eigenvalue weighted by Crippen LogP contribution is -2.45. The summed E-state index contributed by atoms with van der Waals surface area (Å²) in [5.74, 6) is -1.49. The standard InChI is InChI=1S/C24H24FN5O3S/c1-16(2)30-23-18(14-27-30)13-19(15-26-23)28-24(31)21(12-17-8-4-3-5-9-17)29-34(32,33)22-11-7-6-10-20(22)25/h3-11,13-16,21,29H,12H2,1-2H3,(H,28,31). The number of aromatic nitrogens is 3. The molecule has 1 atom stereocenters. The molecule has 1 unspecified atom stereocenters. The summed E-state index contributed by atoms with van der Waals surface area (Å²) in [6.07, 6.45) is 3.22. The SMILES string of the molecule is CC(C)n1ncc2cc(NC(=O)C(Cc3ccccc3)NS(=O)(=O)c3ccccc3F)cnc21. The first kappa shape index (κ1) is 23.5. The van der Waals surface area contributed by atoms with Crippen molar-refractivity contribution in [1.29, 1.82) is 0 Å². The molecule has 4 aromatic rings. The van der Waals surface area contributed by atoms with E-state index in [1.165, 1.54) is 18.3 Å². The number of hydrogen-bond donors (Lipinski definition) is 2. The Kier molecular flexibility index (Phi) is 6.71. The minimum Gasteiger partial charge on any atom is -0.323 e. The Morgan fingerprint density at radius 3 is 2.47 bits per heavy atom. The van der Waals surface area contributed by atoms with Gasteiger partial charge in [0.2, 0.25) is 15.9 Å². The summed E-state index contributed by atoms with van der Waals surface area (Å²) >= 11 is 0. The first-order valence-corrected chi connectivity index (χ1v) is 12.2. The van der Waals surface area contributed by atoms with E-state index in [4.69, 9.17) is 0 Å². The van der Waals surface area contributed by atoms with Gasteiger partial charge in [-0.05, 0) is 44.0 Å². The Morgan fingerprint density at radius 1 is 1.06 bits per heavy atom. The number of rotatable bonds is 8. The molecule has 34 heavy (non-hydrogen) atoms. The summed E-state index contributed by atoms with van der Waals surface area (Å²) in [6.45, 7) is 3.97. The van der Waals surface area contributed by atoms with Gasteiger partial charge in [0.1, 0.15) is 16.8 Å². The molecule has 1 amide bonds. The van der Waals surface area contributed by atoms with Gasteiger partial charge < -0.3 is 5.32 Å². The van der Waals surface area contributed by atoms with Gasteiger partial charge in [0.05, 0.1) is 18.1 Å². The number of fused-ring (bicyclic) bond motifs is 1. The Bertz CT molecular complexity index is 1420. The van der Waals surface area contributed by atoms with Crippen LogP contribution in [0.25, 0.3) is 11.0 Å². The van der Waals surface area contributed by atoms with E-state index in [0.717, 1.165) is 23.1 Å². The lowest BCUT2D eigenvalue weighted by atomic mass is 10.1. The third kappa shape index (κ3) is 5.13. The summed E-state index contributed by atoms with van der Waals surface area (Å²) in [4.78, 5) is 17.0. The molecule has 2 aromatic carbocycles. The highest BCUT2D eigenvalue weighted by atomic mass is 32.2. The number of nitrogens with zero attached hydrogens (tertiary/aromatic N) is 3. The maximum Gasteiger partial charge on any atom is 0.244 e. The Balaban J connectivity index is 1.61. The van der Waals surface area contributed by atoms with Crippen LogP contribution in [0.2, 0.25) is 0 Å². The predicted molar refractivity (Wildman–Crippen MR) is 127 cm³/mol. The van der Waals surface area contributed by atoms with E-state index in [2.05, 4.69) is 20.1 Å². The third-order valence-corrected chi connectivity index (χ3v) is 6.72. The van der Waals surface area contributed by atoms with Crippen molar-refractivity contribution in [3.05, 3.63) is 84.4 Å². The molecular weight excluding hydrogens is 457 g/mol. The first-order valence-electron chi connectivity index (χ1n) is 10.7. The van der Waals surface area contributed by atoms with Gasteiger partial charge in [-0.1, -0.05) is 42.5 Å². The lowest BCUT2D eigenvalue weighted by Gasteiger charge is -2.19. The van der Waals surface area contributed by atoms with Crippen molar-refractivity contribution in [2.45, 2.75) is 37.2 Å². The van der Waals surface area contributed by atoms with Gasteiger partial charge >= 0.3 is 0 Å². The van der Waals surface area contributed by atoms with Gasteiger partial charge in [0.15, 0.2) is 5.65 Å². The van der Waals surface area contributed by atoms with Crippen LogP contribution in [0, 0.1) is 5.82 Å². The minimum atomic E-state index is -4.30. The molecule has 2 heterocycles. The molecule has 4 rings (SSSR count). The second-order valence-corrected chi connectivity index (χ2v) is 9.79. The molecule has 0 bridgehead atoms. The predicted octanol–water partition coefficient (Wildman–Crippen LogP) is 3.68. The fourth-order valence-electron chi connectivity index (χ4n) is 3.57. The molecule has 0 radical (unpaired) electrons. The van der Waals surface area contributed by atoms with E-state index < -0.39 is 32.7 Å². The summed E-state index contributed by atoms with van der Waals surface area (Å²) < 4.78 is 44.1. The maximum atomic E-state index is 14.2. The van der Waals surface area contributed by atoms with Crippen LogP contribution < -0.4 is 10.0 Å². The normalized spacial score (nSPS) is 12.7. The van der Waals surface area contributed by atoms with E-state index >= 15 is 0 Å². The zero-order valence-electron chi connectivity index (χ0n) is 18.6. The smallest absolute Gasteiger partial charge is 0.244 e. The van der Waals surface area contributed by atoms with Crippen molar-refractivity contribution in [2.75, 3.05) is 5.32 Å². The minimum absolute atomic E-state index is 0.0707. The zero-order chi connectivity index (χ0) is 24.3. The number of amides is 1. The summed E-state index contributed by atoms with van der Waals surface area (Å²) in [7, 11) is -4.30. The Hall–Kier alpha value is -3.63. The molecule has 10 heteroatoms. The van der Waals surface area contributed by atoms with Crippen molar-refractivity contribution in [3.8, 4) is 0 Å². The molecule has 8 nitrogen and oxygen atoms in total. The number of anilines is 1. The Morgan fingerprint density at radius 2 is 1.76 bits per heavy atom. The molecule has 0 fully saturated rings. The van der Waals surface area contributed by atoms with E-state index in [-0.39, 0.29) is 12.5 Å². The number of nitrogens with one attached hydrogen (secondary N) is 2. The van der Waals surface area contributed by atoms with Gasteiger partial charge in [0.25, 0.3) is 0 Å². The zero-order valence-corrected chi connectivity index (χ0v) is 19.5. The van der Waals surface area contributed by atoms with Gasteiger partial charge in [-0.2, -0.15) is 9.82 Å². The van der Waals surface area contributed by atoms with Gasteiger partial charge in [0, 0.05) is 11.4 Å². The summed E-state index contributed by atoms with van der Waals surface area (Å²) in [5.41, 5.74) is 1.81. The van der Waals surface area contributed by atoms with E-state index in [9.17, 15) is 17.6 Å². The highest BCUT2D eigenvalue weighted by Crippen LogP contribution is 2.20. The van der Waals surface area contributed by atoms with E-state index in [1.807, 2.05) is 19.9 Å². The van der Waals surface area contributed by atoms with Crippen molar-refractivity contribution >= 4 is 32.7 Å². The molecule has 0 aliphatic heterocycles. The molecule has 2 aromatic heterocycles. The van der Waals surface area contributed by atoms with Crippen LogP contribution >= 0.6 is 0 Å². The number of carbonyl (C=O) groups is 1. The van der Waals surface area contributed by atoms with Crippen molar-refractivity contribution < 1.29 is 17.6 Å². The molecule has 0 saturated heterocycles. The number of halogens is 1. The molecule has 2 N–H and O–H groups in total. The van der Waals surface area contributed by atoms with Crippen LogP contribution in [-0.2, 0) is 21.2 Å². The van der Waals surface area contributed by atoms with E-state index in [1.54, 1.807) is 41.2 Å². The van der Waals surface area contributed by atoms with Crippen molar-refractivity contribution in [1.82, 2.24) is 19.5 Å². The van der Waals surface area contributed by atoms with Crippen LogP contribution in [-0.4, -0.2) is 35.1 Å². The van der Waals surface area contributed by atoms with Crippen LogP contribution in [0.4, 0.5) is 10.1 Å². The van der Waals surface area contributed by atoms with Gasteiger partial charge in [-0.15, -0.1) is 0 Å². The lowest BCUT2D eigenvalue weighted by molar-refractivity contribution is -0.117. The van der Waals surface area contributed by atoms with E-state index in [0.29, 0.717) is 11.3 Å². The molecule has 0 spiro atoms. The second-order valence-electron chi connectivity index (χ2n) is 8.10. The number of carbonyl (C=O) groups excluding carboxylic acids is 1. The number of sulfonamides is 1. The largest absolute Gasteiger partial charge is 0.323 e. The van der Waals surface area contributed by atoms with Crippen LogP contribution in [0.3, 0.4) is 0 Å². The summed E-state index contributed by atoms with van der Waals surface area (Å²) in [5, 5.41) is 7.77. The average Bonchev–Trinajstić information content (AvgIpc) is 3.23. The highest BCUT2D eigenvalue weighted by Gasteiger charge is 2.28. The molecule has 0 aliphatic rings. The number of benzene rings is 2. The fourth-order valence-corrected chi connectivity index (χ4v) is 4.84. The number of pyridine rings is 1. The van der Waals surface area contributed by atoms with Crippen LogP contribution in [0.1, 0.15) is 25.5 Å². The molecule has 176 valence electrons. The highest BCUT2D eigenvalue weighted by molar-refractivity contribution is 7.89. The van der Waals surface area contributed by atoms with Gasteiger partial charge in [-0.25, -0.2) is 22.5 Å². The third-order valence-electron chi connectivity index (χ3n) is 5.21. The second kappa shape index (κ2) is 9.70. The number of hydrogen-bond acceptors (Lipinski definition) is 5. The average molecular weight is 482 g/mol. The quantitative estimate of drug-likeness (QED) is 0.399. The summed E-state index contributed by atoms with van der Waals surface area (Å²) in [6, 6.07) is 14.6. The molecule has 0 aliphatic carbocycles. The van der Waals surface area contributed by atoms with Gasteiger partial charge in [-0.3, -0.25) is 4.79 Å². The topological polar surface area (TPSA) is 106 Å². The maximum absolute atomic E-state index is 14.2. The first-order chi connectivity index (χ1) is 16.2. The van der Waals surface area contributed by atoms with Crippen molar-refractivity contribution in [3.63, 3.8) is 0 Å². The monoisotopic (exact) mass is 481 g/mol. The molecule has 0 saturated carbocycles. The van der Waals surface area contributed by atoms with Crippen LogP contribution in [0.15, 0.2) is 78.0 Å². The Labute approximate surface area is 196 Å². The fraction of sp³-hybridized carbons (Fsp3) is 0.208. The molecular formula is C24H24FN5O3S. The van der Waals surface area contributed by atoms with Crippen LogP contribution in [0.5, 0.6) is 0 Å². The van der Waals surface area contributed by atoms with Crippen molar-refractivity contribution in [2.24, 2.45) is 0 Å².